The summed E-state index contributed by atoms with van der Waals surface area (Å²) in [7, 11) is 0. The molecule has 0 radical (unpaired) electrons. The molecule has 2 heterocycles. The van der Waals surface area contributed by atoms with Crippen molar-refractivity contribution in [3.8, 4) is 0 Å². The number of aliphatic hydroxyl groups is 1. The van der Waals surface area contributed by atoms with Gasteiger partial charge in [0.2, 0.25) is 0 Å². The molecule has 3 atom stereocenters. The van der Waals surface area contributed by atoms with Gasteiger partial charge in [0, 0.05) is 24.0 Å². The first-order chi connectivity index (χ1) is 11.7. The van der Waals surface area contributed by atoms with Gasteiger partial charge in [0.15, 0.2) is 0 Å². The van der Waals surface area contributed by atoms with Gasteiger partial charge in [-0.3, -0.25) is 4.90 Å². The van der Waals surface area contributed by atoms with E-state index in [-0.39, 0.29) is 17.8 Å². The fourth-order valence-corrected chi connectivity index (χ4v) is 4.88. The van der Waals surface area contributed by atoms with Crippen molar-refractivity contribution < 1.29 is 9.50 Å². The van der Waals surface area contributed by atoms with Gasteiger partial charge >= 0.3 is 0 Å². The molecule has 1 N–H and O–H groups in total. The first-order valence-electron chi connectivity index (χ1n) is 8.85. The van der Waals surface area contributed by atoms with Gasteiger partial charge in [-0.25, -0.2) is 4.39 Å². The lowest BCUT2D eigenvalue weighted by Crippen LogP contribution is -2.41. The molecule has 0 spiro atoms. The zero-order chi connectivity index (χ0) is 16.6. The molecule has 3 heteroatoms. The Kier molecular flexibility index (Phi) is 4.15. The van der Waals surface area contributed by atoms with Crippen molar-refractivity contribution in [3.05, 3.63) is 71.5 Å². The van der Waals surface area contributed by atoms with Crippen LogP contribution in [-0.2, 0) is 13.0 Å². The summed E-state index contributed by atoms with van der Waals surface area (Å²) in [6, 6.07) is 18.3. The highest BCUT2D eigenvalue weighted by Gasteiger charge is 2.55. The largest absolute Gasteiger partial charge is 0.396 e. The van der Waals surface area contributed by atoms with E-state index in [0.29, 0.717) is 12.1 Å². The number of hydrogen-bond donors (Lipinski definition) is 1. The second-order valence-electron chi connectivity index (χ2n) is 7.43. The molecule has 2 aromatic carbocycles. The predicted molar refractivity (Wildman–Crippen MR) is 93.0 cm³/mol. The summed E-state index contributed by atoms with van der Waals surface area (Å²) >= 11 is 0. The zero-order valence-electron chi connectivity index (χ0n) is 13.9. The van der Waals surface area contributed by atoms with Gasteiger partial charge in [-0.2, -0.15) is 0 Å². The summed E-state index contributed by atoms with van der Waals surface area (Å²) in [6.45, 7) is 1.09. The van der Waals surface area contributed by atoms with Gasteiger partial charge in [-0.15, -0.1) is 0 Å². The number of aliphatic hydroxyl groups excluding tert-OH is 1. The normalized spacial score (nSPS) is 29.2. The molecule has 2 nitrogen and oxygen atoms in total. The van der Waals surface area contributed by atoms with Crippen LogP contribution in [-0.4, -0.2) is 28.7 Å². The topological polar surface area (TPSA) is 23.5 Å². The summed E-state index contributed by atoms with van der Waals surface area (Å²) < 4.78 is 13.1. The fraction of sp³-hybridized carbons (Fsp3) is 0.429. The molecule has 2 aliphatic heterocycles. The Bertz CT molecular complexity index is 687. The first kappa shape index (κ1) is 15.8. The van der Waals surface area contributed by atoms with Crippen LogP contribution in [0.1, 0.15) is 30.4 Å². The van der Waals surface area contributed by atoms with Crippen LogP contribution in [0.25, 0.3) is 0 Å². The van der Waals surface area contributed by atoms with Gasteiger partial charge in [-0.1, -0.05) is 42.5 Å². The van der Waals surface area contributed by atoms with Gasteiger partial charge in [-0.05, 0) is 48.9 Å². The van der Waals surface area contributed by atoms with E-state index in [1.807, 2.05) is 18.2 Å². The van der Waals surface area contributed by atoms with E-state index >= 15 is 0 Å². The number of rotatable bonds is 5. The van der Waals surface area contributed by atoms with Crippen LogP contribution >= 0.6 is 0 Å². The van der Waals surface area contributed by atoms with Crippen molar-refractivity contribution in [2.75, 3.05) is 6.61 Å². The minimum absolute atomic E-state index is 0.0374. The van der Waals surface area contributed by atoms with Crippen molar-refractivity contribution in [2.45, 2.75) is 44.3 Å². The van der Waals surface area contributed by atoms with Crippen molar-refractivity contribution in [1.29, 1.82) is 0 Å². The molecule has 24 heavy (non-hydrogen) atoms. The molecule has 0 aromatic heterocycles. The molecule has 0 aliphatic carbocycles. The van der Waals surface area contributed by atoms with Gasteiger partial charge in [0.1, 0.15) is 5.82 Å². The fourth-order valence-electron chi connectivity index (χ4n) is 4.88. The van der Waals surface area contributed by atoms with Crippen molar-refractivity contribution >= 4 is 0 Å². The maximum atomic E-state index is 13.1. The SMILES string of the molecule is OC[C@]1(Cc2ccccc2)C[C@@H]2CC[C@H]1N2Cc1ccc(F)cc1. The lowest BCUT2D eigenvalue weighted by atomic mass is 9.70. The highest BCUT2D eigenvalue weighted by atomic mass is 19.1. The summed E-state index contributed by atoms with van der Waals surface area (Å²) in [5.41, 5.74) is 2.42. The third-order valence-electron chi connectivity index (χ3n) is 5.98. The second kappa shape index (κ2) is 6.30. The lowest BCUT2D eigenvalue weighted by molar-refractivity contribution is 0.0750. The monoisotopic (exact) mass is 325 g/mol. The standard InChI is InChI=1S/C21H24FNO/c22-18-8-6-17(7-9-18)14-23-19-10-11-20(23)21(13-19,15-24)12-16-4-2-1-3-5-16/h1-9,19-20,24H,10-15H2/t19-,20+,21-/m0/s1. The molecule has 2 aromatic rings. The summed E-state index contributed by atoms with van der Waals surface area (Å²) in [5, 5.41) is 10.2. The van der Waals surface area contributed by atoms with E-state index in [0.717, 1.165) is 31.4 Å². The average molecular weight is 325 g/mol. The van der Waals surface area contributed by atoms with Crippen LogP contribution < -0.4 is 0 Å². The Morgan fingerprint density at radius 1 is 1.00 bits per heavy atom. The highest BCUT2D eigenvalue weighted by molar-refractivity contribution is 5.22. The van der Waals surface area contributed by atoms with E-state index in [4.69, 9.17) is 0 Å². The van der Waals surface area contributed by atoms with Crippen molar-refractivity contribution in [3.63, 3.8) is 0 Å². The Labute approximate surface area is 142 Å². The second-order valence-corrected chi connectivity index (χ2v) is 7.43. The van der Waals surface area contributed by atoms with Crippen LogP contribution in [0, 0.1) is 11.2 Å². The summed E-state index contributed by atoms with van der Waals surface area (Å²) in [6.07, 6.45) is 4.36. The summed E-state index contributed by atoms with van der Waals surface area (Å²) in [5.74, 6) is -0.183. The number of fused-ring (bicyclic) bond motifs is 2. The smallest absolute Gasteiger partial charge is 0.123 e. The minimum atomic E-state index is -0.183. The maximum Gasteiger partial charge on any atom is 0.123 e. The van der Waals surface area contributed by atoms with Gasteiger partial charge in [0.25, 0.3) is 0 Å². The molecule has 126 valence electrons. The van der Waals surface area contributed by atoms with Crippen molar-refractivity contribution in [2.24, 2.45) is 5.41 Å². The zero-order valence-corrected chi connectivity index (χ0v) is 13.9. The molecular weight excluding hydrogens is 301 g/mol. The molecular formula is C21H24FNO. The minimum Gasteiger partial charge on any atom is -0.396 e. The van der Waals surface area contributed by atoms with E-state index in [1.54, 1.807) is 0 Å². The Morgan fingerprint density at radius 2 is 1.75 bits per heavy atom. The molecule has 0 amide bonds. The number of benzene rings is 2. The maximum absolute atomic E-state index is 13.1. The molecule has 4 rings (SSSR count). The Morgan fingerprint density at radius 3 is 2.46 bits per heavy atom. The van der Waals surface area contributed by atoms with Gasteiger partial charge < -0.3 is 5.11 Å². The predicted octanol–water partition coefficient (Wildman–Crippen LogP) is 3.78. The lowest BCUT2D eigenvalue weighted by Gasteiger charge is -2.36. The van der Waals surface area contributed by atoms with E-state index in [9.17, 15) is 9.50 Å². The highest BCUT2D eigenvalue weighted by Crippen LogP contribution is 2.51. The van der Waals surface area contributed by atoms with Gasteiger partial charge in [0.05, 0.1) is 6.61 Å². The van der Waals surface area contributed by atoms with Crippen LogP contribution in [0.4, 0.5) is 4.39 Å². The third kappa shape index (κ3) is 2.76. The quantitative estimate of drug-likeness (QED) is 0.904. The first-order valence-corrected chi connectivity index (χ1v) is 8.85. The number of nitrogens with zero attached hydrogens (tertiary/aromatic N) is 1. The number of halogens is 1. The third-order valence-corrected chi connectivity index (χ3v) is 5.98. The van der Waals surface area contributed by atoms with Crippen LogP contribution in [0.15, 0.2) is 54.6 Å². The number of hydrogen-bond acceptors (Lipinski definition) is 2. The average Bonchev–Trinajstić information content (AvgIpc) is 3.13. The molecule has 2 bridgehead atoms. The van der Waals surface area contributed by atoms with Crippen LogP contribution in [0.5, 0.6) is 0 Å². The summed E-state index contributed by atoms with van der Waals surface area (Å²) in [4.78, 5) is 2.55. The van der Waals surface area contributed by atoms with Crippen LogP contribution in [0.3, 0.4) is 0 Å². The van der Waals surface area contributed by atoms with E-state index in [1.165, 1.54) is 24.1 Å². The molecule has 0 saturated carbocycles. The Hall–Kier alpha value is -1.71. The molecule has 0 unspecified atom stereocenters. The Balaban J connectivity index is 1.55. The molecule has 2 aliphatic rings. The molecule has 2 fully saturated rings. The molecule has 2 saturated heterocycles. The van der Waals surface area contributed by atoms with E-state index in [2.05, 4.69) is 29.2 Å². The van der Waals surface area contributed by atoms with Crippen LogP contribution in [0.2, 0.25) is 0 Å². The van der Waals surface area contributed by atoms with E-state index < -0.39 is 0 Å². The van der Waals surface area contributed by atoms with Crippen molar-refractivity contribution in [1.82, 2.24) is 4.90 Å².